The molecule has 1 fully saturated rings. The van der Waals surface area contributed by atoms with Crippen LogP contribution in [0.1, 0.15) is 29.5 Å². The highest BCUT2D eigenvalue weighted by Gasteiger charge is 2.19. The van der Waals surface area contributed by atoms with Crippen molar-refractivity contribution >= 4 is 11.6 Å². The van der Waals surface area contributed by atoms with Crippen LogP contribution in [0.4, 0.5) is 0 Å². The van der Waals surface area contributed by atoms with Gasteiger partial charge in [-0.1, -0.05) is 35.9 Å². The van der Waals surface area contributed by atoms with E-state index >= 15 is 0 Å². The van der Waals surface area contributed by atoms with Crippen molar-refractivity contribution in [1.82, 2.24) is 5.32 Å². The highest BCUT2D eigenvalue weighted by Crippen LogP contribution is 2.29. The minimum atomic E-state index is 0.760. The highest BCUT2D eigenvalue weighted by molar-refractivity contribution is 6.31. The molecule has 2 aromatic carbocycles. The maximum atomic E-state index is 6.17. The Bertz CT molecular complexity index is 612. The summed E-state index contributed by atoms with van der Waals surface area (Å²) in [5.41, 5.74) is 6.24. The predicted molar refractivity (Wildman–Crippen MR) is 86.2 cm³/mol. The van der Waals surface area contributed by atoms with Gasteiger partial charge in [0.25, 0.3) is 0 Å². The smallest absolute Gasteiger partial charge is 0.0438 e. The first-order chi connectivity index (χ1) is 9.63. The fraction of sp³-hybridized carbons (Fsp3) is 0.333. The van der Waals surface area contributed by atoms with Crippen LogP contribution in [-0.4, -0.2) is 6.04 Å². The molecule has 2 aromatic rings. The van der Waals surface area contributed by atoms with Gasteiger partial charge < -0.3 is 5.32 Å². The van der Waals surface area contributed by atoms with Crippen molar-refractivity contribution in [3.05, 3.63) is 58.1 Å². The second-order valence-corrected chi connectivity index (χ2v) is 6.18. The van der Waals surface area contributed by atoms with Gasteiger partial charge in [-0.2, -0.15) is 0 Å². The molecule has 2 heteroatoms. The largest absolute Gasteiger partial charge is 0.310 e. The molecule has 0 saturated heterocycles. The lowest BCUT2D eigenvalue weighted by atomic mass is 9.97. The standard InChI is InChI=1S/C18H20ClN/c1-12-10-18(19)13(2)9-17(12)15-5-3-14(4-6-15)11-20-16-7-8-16/h3-6,9-10,16,20H,7-8,11H2,1-2H3. The first kappa shape index (κ1) is 13.7. The third-order valence-electron chi connectivity index (χ3n) is 3.94. The van der Waals surface area contributed by atoms with Crippen LogP contribution in [0.15, 0.2) is 36.4 Å². The van der Waals surface area contributed by atoms with Crippen molar-refractivity contribution in [2.75, 3.05) is 0 Å². The summed E-state index contributed by atoms with van der Waals surface area (Å²) in [6.45, 7) is 5.14. The third-order valence-corrected chi connectivity index (χ3v) is 4.35. The topological polar surface area (TPSA) is 12.0 Å². The maximum Gasteiger partial charge on any atom is 0.0438 e. The highest BCUT2D eigenvalue weighted by atomic mass is 35.5. The zero-order valence-corrected chi connectivity index (χ0v) is 12.8. The molecule has 0 aromatic heterocycles. The molecule has 1 aliphatic rings. The molecule has 0 radical (unpaired) electrons. The lowest BCUT2D eigenvalue weighted by Gasteiger charge is -2.10. The second kappa shape index (κ2) is 5.59. The molecule has 1 aliphatic carbocycles. The summed E-state index contributed by atoms with van der Waals surface area (Å²) < 4.78 is 0. The number of benzene rings is 2. The molecule has 0 unspecified atom stereocenters. The van der Waals surface area contributed by atoms with Gasteiger partial charge in [0.05, 0.1) is 0 Å². The number of rotatable bonds is 4. The molecule has 3 rings (SSSR count). The van der Waals surface area contributed by atoms with E-state index in [9.17, 15) is 0 Å². The Hall–Kier alpha value is -1.31. The van der Waals surface area contributed by atoms with E-state index in [2.05, 4.69) is 55.6 Å². The van der Waals surface area contributed by atoms with Crippen LogP contribution in [0.3, 0.4) is 0 Å². The van der Waals surface area contributed by atoms with Gasteiger partial charge in [-0.3, -0.25) is 0 Å². The molecular weight excluding hydrogens is 266 g/mol. The number of halogens is 1. The molecule has 104 valence electrons. The van der Waals surface area contributed by atoms with Crippen molar-refractivity contribution in [3.8, 4) is 11.1 Å². The number of nitrogens with one attached hydrogen (secondary N) is 1. The third kappa shape index (κ3) is 3.05. The zero-order chi connectivity index (χ0) is 14.1. The van der Waals surface area contributed by atoms with Crippen molar-refractivity contribution in [2.24, 2.45) is 0 Å². The number of hydrogen-bond acceptors (Lipinski definition) is 1. The molecule has 1 nitrogen and oxygen atoms in total. The lowest BCUT2D eigenvalue weighted by molar-refractivity contribution is 0.688. The summed E-state index contributed by atoms with van der Waals surface area (Å²) in [5, 5.41) is 4.39. The number of aryl methyl sites for hydroxylation is 2. The summed E-state index contributed by atoms with van der Waals surface area (Å²) in [7, 11) is 0. The molecule has 1 saturated carbocycles. The molecule has 1 N–H and O–H groups in total. The summed E-state index contributed by atoms with van der Waals surface area (Å²) in [6, 6.07) is 13.8. The Labute approximate surface area is 126 Å². The summed E-state index contributed by atoms with van der Waals surface area (Å²) >= 11 is 6.17. The molecule has 0 heterocycles. The van der Waals surface area contributed by atoms with E-state index in [1.165, 1.54) is 35.1 Å². The van der Waals surface area contributed by atoms with Crippen molar-refractivity contribution in [3.63, 3.8) is 0 Å². The van der Waals surface area contributed by atoms with Gasteiger partial charge in [-0.15, -0.1) is 0 Å². The lowest BCUT2D eigenvalue weighted by Crippen LogP contribution is -2.15. The van der Waals surface area contributed by atoms with E-state index in [1.807, 2.05) is 0 Å². The van der Waals surface area contributed by atoms with E-state index < -0.39 is 0 Å². The molecule has 0 atom stereocenters. The van der Waals surface area contributed by atoms with Gasteiger partial charge in [-0.05, 0) is 66.6 Å². The van der Waals surface area contributed by atoms with Crippen molar-refractivity contribution in [2.45, 2.75) is 39.3 Å². The Kier molecular flexibility index (Phi) is 3.82. The Morgan fingerprint density at radius 3 is 2.40 bits per heavy atom. The Morgan fingerprint density at radius 1 is 1.05 bits per heavy atom. The first-order valence-electron chi connectivity index (χ1n) is 7.23. The van der Waals surface area contributed by atoms with Gasteiger partial charge >= 0.3 is 0 Å². The van der Waals surface area contributed by atoms with Crippen LogP contribution in [0.25, 0.3) is 11.1 Å². The van der Waals surface area contributed by atoms with Crippen LogP contribution in [0, 0.1) is 13.8 Å². The minimum Gasteiger partial charge on any atom is -0.310 e. The van der Waals surface area contributed by atoms with Crippen LogP contribution in [0.5, 0.6) is 0 Å². The van der Waals surface area contributed by atoms with Crippen molar-refractivity contribution < 1.29 is 0 Å². The van der Waals surface area contributed by atoms with Crippen LogP contribution in [0.2, 0.25) is 5.02 Å². The van der Waals surface area contributed by atoms with E-state index in [0.29, 0.717) is 0 Å². The summed E-state index contributed by atoms with van der Waals surface area (Å²) in [6.07, 6.45) is 2.67. The fourth-order valence-electron chi connectivity index (χ4n) is 2.44. The van der Waals surface area contributed by atoms with Gasteiger partial charge in [0.1, 0.15) is 0 Å². The van der Waals surface area contributed by atoms with Crippen molar-refractivity contribution in [1.29, 1.82) is 0 Å². The van der Waals surface area contributed by atoms with Crippen LogP contribution >= 0.6 is 11.6 Å². The van der Waals surface area contributed by atoms with Gasteiger partial charge in [0.15, 0.2) is 0 Å². The van der Waals surface area contributed by atoms with Gasteiger partial charge in [0, 0.05) is 17.6 Å². The van der Waals surface area contributed by atoms with E-state index in [4.69, 9.17) is 11.6 Å². The Balaban J connectivity index is 1.81. The molecule has 0 amide bonds. The van der Waals surface area contributed by atoms with E-state index in [0.717, 1.165) is 23.2 Å². The molecular formula is C18H20ClN. The maximum absolute atomic E-state index is 6.17. The molecule has 0 aliphatic heterocycles. The molecule has 0 bridgehead atoms. The Morgan fingerprint density at radius 2 is 1.75 bits per heavy atom. The summed E-state index contributed by atoms with van der Waals surface area (Å²) in [4.78, 5) is 0. The average molecular weight is 286 g/mol. The normalized spacial score (nSPS) is 14.6. The zero-order valence-electron chi connectivity index (χ0n) is 12.0. The monoisotopic (exact) mass is 285 g/mol. The molecule has 20 heavy (non-hydrogen) atoms. The second-order valence-electron chi connectivity index (χ2n) is 5.77. The van der Waals surface area contributed by atoms with Gasteiger partial charge in [0.2, 0.25) is 0 Å². The molecule has 0 spiro atoms. The first-order valence-corrected chi connectivity index (χ1v) is 7.61. The van der Waals surface area contributed by atoms with Gasteiger partial charge in [-0.25, -0.2) is 0 Å². The average Bonchev–Trinajstić information content (AvgIpc) is 3.25. The fourth-order valence-corrected chi connectivity index (χ4v) is 2.66. The van der Waals surface area contributed by atoms with Crippen LogP contribution < -0.4 is 5.32 Å². The van der Waals surface area contributed by atoms with E-state index in [1.54, 1.807) is 0 Å². The predicted octanol–water partition coefficient (Wildman–Crippen LogP) is 4.88. The van der Waals surface area contributed by atoms with Crippen LogP contribution in [-0.2, 0) is 6.54 Å². The minimum absolute atomic E-state index is 0.760. The van der Waals surface area contributed by atoms with E-state index in [-0.39, 0.29) is 0 Å². The SMILES string of the molecule is Cc1cc(-c2ccc(CNC3CC3)cc2)c(C)cc1Cl. The quantitative estimate of drug-likeness (QED) is 0.844. The number of hydrogen-bond donors (Lipinski definition) is 1. The summed E-state index contributed by atoms with van der Waals surface area (Å²) in [5.74, 6) is 0.